The first kappa shape index (κ1) is 12.7. The number of hydrogen-bond donors (Lipinski definition) is 2. The Bertz CT molecular complexity index is 531. The highest BCUT2D eigenvalue weighted by atomic mass is 16.3. The molecule has 1 atom stereocenters. The van der Waals surface area contributed by atoms with Gasteiger partial charge >= 0.3 is 0 Å². The smallest absolute Gasteiger partial charge is 0.0845 e. The van der Waals surface area contributed by atoms with Gasteiger partial charge < -0.3 is 15.0 Å². The molecule has 2 heterocycles. The SMILES string of the molecule is O[C@@H](CN1CCNCC1)Cn1ccc2ccccc21. The van der Waals surface area contributed by atoms with Crippen molar-refractivity contribution >= 4 is 10.9 Å². The number of nitrogens with zero attached hydrogens (tertiary/aromatic N) is 2. The lowest BCUT2D eigenvalue weighted by Crippen LogP contribution is -2.46. The summed E-state index contributed by atoms with van der Waals surface area (Å²) in [6, 6.07) is 10.4. The van der Waals surface area contributed by atoms with Crippen molar-refractivity contribution in [3.05, 3.63) is 36.5 Å². The molecule has 1 aromatic carbocycles. The van der Waals surface area contributed by atoms with Gasteiger partial charge in [0, 0.05) is 51.0 Å². The normalized spacial score (nSPS) is 18.8. The van der Waals surface area contributed by atoms with Crippen LogP contribution in [0.5, 0.6) is 0 Å². The maximum Gasteiger partial charge on any atom is 0.0845 e. The van der Waals surface area contributed by atoms with Crippen LogP contribution in [0.3, 0.4) is 0 Å². The third-order valence-electron chi connectivity index (χ3n) is 3.77. The number of aliphatic hydroxyl groups is 1. The molecule has 0 spiro atoms. The second kappa shape index (κ2) is 5.74. The summed E-state index contributed by atoms with van der Waals surface area (Å²) in [5.41, 5.74) is 1.20. The van der Waals surface area contributed by atoms with E-state index in [2.05, 4.69) is 39.2 Å². The number of piperazine rings is 1. The van der Waals surface area contributed by atoms with Gasteiger partial charge in [-0.05, 0) is 17.5 Å². The van der Waals surface area contributed by atoms with Gasteiger partial charge in [-0.15, -0.1) is 0 Å². The van der Waals surface area contributed by atoms with Crippen molar-refractivity contribution in [3.63, 3.8) is 0 Å². The highest BCUT2D eigenvalue weighted by molar-refractivity contribution is 5.79. The lowest BCUT2D eigenvalue weighted by atomic mass is 10.2. The van der Waals surface area contributed by atoms with E-state index >= 15 is 0 Å². The van der Waals surface area contributed by atoms with Crippen LogP contribution in [-0.2, 0) is 6.54 Å². The fourth-order valence-electron chi connectivity index (χ4n) is 2.78. The molecule has 3 rings (SSSR count). The van der Waals surface area contributed by atoms with Gasteiger partial charge in [-0.1, -0.05) is 18.2 Å². The zero-order valence-electron chi connectivity index (χ0n) is 11.1. The quantitative estimate of drug-likeness (QED) is 0.857. The molecular weight excluding hydrogens is 238 g/mol. The third kappa shape index (κ3) is 2.97. The number of aliphatic hydroxyl groups excluding tert-OH is 1. The maximum absolute atomic E-state index is 10.2. The zero-order valence-corrected chi connectivity index (χ0v) is 11.1. The number of fused-ring (bicyclic) bond motifs is 1. The Kier molecular flexibility index (Phi) is 3.82. The van der Waals surface area contributed by atoms with Gasteiger partial charge in [0.25, 0.3) is 0 Å². The Morgan fingerprint density at radius 2 is 1.89 bits per heavy atom. The standard InChI is InChI=1S/C15H21N3O/c19-14(11-17-9-6-16-7-10-17)12-18-8-5-13-3-1-2-4-15(13)18/h1-5,8,14,16,19H,6-7,9-12H2/t14-/m0/s1. The van der Waals surface area contributed by atoms with Gasteiger partial charge in [0.05, 0.1) is 6.10 Å². The molecule has 1 saturated heterocycles. The van der Waals surface area contributed by atoms with Crippen LogP contribution in [0, 0.1) is 0 Å². The first-order valence-electron chi connectivity index (χ1n) is 6.98. The summed E-state index contributed by atoms with van der Waals surface area (Å²) in [4.78, 5) is 2.33. The molecule has 0 aliphatic carbocycles. The highest BCUT2D eigenvalue weighted by Crippen LogP contribution is 2.15. The minimum Gasteiger partial charge on any atom is -0.390 e. The van der Waals surface area contributed by atoms with E-state index in [1.165, 1.54) is 10.9 Å². The van der Waals surface area contributed by atoms with Gasteiger partial charge in [-0.2, -0.15) is 0 Å². The topological polar surface area (TPSA) is 40.4 Å². The Hall–Kier alpha value is -1.36. The number of β-amino-alcohol motifs (C(OH)–C–C–N with tert-alkyl or cyclic N) is 1. The monoisotopic (exact) mass is 259 g/mol. The van der Waals surface area contributed by atoms with Crippen molar-refractivity contribution in [2.45, 2.75) is 12.6 Å². The number of rotatable bonds is 4. The van der Waals surface area contributed by atoms with Gasteiger partial charge in [-0.3, -0.25) is 4.90 Å². The van der Waals surface area contributed by atoms with Crippen molar-refractivity contribution in [1.29, 1.82) is 0 Å². The van der Waals surface area contributed by atoms with E-state index in [-0.39, 0.29) is 6.10 Å². The van der Waals surface area contributed by atoms with Crippen LogP contribution in [0.1, 0.15) is 0 Å². The van der Waals surface area contributed by atoms with Crippen molar-refractivity contribution in [3.8, 4) is 0 Å². The van der Waals surface area contributed by atoms with E-state index in [4.69, 9.17) is 0 Å². The van der Waals surface area contributed by atoms with Crippen LogP contribution in [-0.4, -0.2) is 53.4 Å². The summed E-state index contributed by atoms with van der Waals surface area (Å²) in [6.07, 6.45) is 1.75. The van der Waals surface area contributed by atoms with E-state index in [1.54, 1.807) is 0 Å². The maximum atomic E-state index is 10.2. The highest BCUT2D eigenvalue weighted by Gasteiger charge is 2.15. The molecule has 0 amide bonds. The second-order valence-corrected chi connectivity index (χ2v) is 5.23. The van der Waals surface area contributed by atoms with Gasteiger partial charge in [0.1, 0.15) is 0 Å². The predicted octanol–water partition coefficient (Wildman–Crippen LogP) is 0.907. The fraction of sp³-hybridized carbons (Fsp3) is 0.467. The Morgan fingerprint density at radius 3 is 2.74 bits per heavy atom. The van der Waals surface area contributed by atoms with E-state index in [9.17, 15) is 5.11 Å². The molecule has 4 nitrogen and oxygen atoms in total. The van der Waals surface area contributed by atoms with E-state index in [1.807, 2.05) is 12.1 Å². The molecule has 102 valence electrons. The number of aromatic nitrogens is 1. The minimum absolute atomic E-state index is 0.311. The first-order chi connectivity index (χ1) is 9.33. The molecule has 0 saturated carbocycles. The summed E-state index contributed by atoms with van der Waals surface area (Å²) < 4.78 is 2.14. The Labute approximate surface area is 113 Å². The van der Waals surface area contributed by atoms with Crippen LogP contribution in [0.15, 0.2) is 36.5 Å². The van der Waals surface area contributed by atoms with E-state index in [0.29, 0.717) is 6.54 Å². The average molecular weight is 259 g/mol. The second-order valence-electron chi connectivity index (χ2n) is 5.23. The molecule has 1 aliphatic rings. The lowest BCUT2D eigenvalue weighted by molar-refractivity contribution is 0.0927. The Balaban J connectivity index is 1.63. The molecule has 19 heavy (non-hydrogen) atoms. The van der Waals surface area contributed by atoms with Gasteiger partial charge in [0.2, 0.25) is 0 Å². The molecule has 2 N–H and O–H groups in total. The first-order valence-corrected chi connectivity index (χ1v) is 6.98. The number of hydrogen-bond acceptors (Lipinski definition) is 3. The molecule has 0 unspecified atom stereocenters. The summed E-state index contributed by atoms with van der Waals surface area (Å²) in [7, 11) is 0. The van der Waals surface area contributed by atoms with E-state index < -0.39 is 0 Å². The number of para-hydroxylation sites is 1. The van der Waals surface area contributed by atoms with Crippen molar-refractivity contribution in [2.75, 3.05) is 32.7 Å². The van der Waals surface area contributed by atoms with Crippen LogP contribution in [0.2, 0.25) is 0 Å². The van der Waals surface area contributed by atoms with Crippen LogP contribution >= 0.6 is 0 Å². The average Bonchev–Trinajstić information content (AvgIpc) is 2.83. The molecular formula is C15H21N3O. The summed E-state index contributed by atoms with van der Waals surface area (Å²) in [6.45, 7) is 5.54. The fourth-order valence-corrected chi connectivity index (χ4v) is 2.78. The van der Waals surface area contributed by atoms with Gasteiger partial charge in [0.15, 0.2) is 0 Å². The lowest BCUT2D eigenvalue weighted by Gasteiger charge is -2.29. The molecule has 1 aliphatic heterocycles. The molecule has 2 aromatic rings. The van der Waals surface area contributed by atoms with Crippen molar-refractivity contribution in [2.24, 2.45) is 0 Å². The predicted molar refractivity (Wildman–Crippen MR) is 77.3 cm³/mol. The largest absolute Gasteiger partial charge is 0.390 e. The van der Waals surface area contributed by atoms with E-state index in [0.717, 1.165) is 32.7 Å². The van der Waals surface area contributed by atoms with Crippen molar-refractivity contribution in [1.82, 2.24) is 14.8 Å². The summed E-state index contributed by atoms with van der Waals surface area (Å²) in [5, 5.41) is 14.8. The number of benzene rings is 1. The third-order valence-corrected chi connectivity index (χ3v) is 3.77. The van der Waals surface area contributed by atoms with Crippen LogP contribution in [0.25, 0.3) is 10.9 Å². The molecule has 4 heteroatoms. The molecule has 1 fully saturated rings. The van der Waals surface area contributed by atoms with Crippen LogP contribution in [0.4, 0.5) is 0 Å². The van der Waals surface area contributed by atoms with Gasteiger partial charge in [-0.25, -0.2) is 0 Å². The molecule has 0 bridgehead atoms. The minimum atomic E-state index is -0.311. The summed E-state index contributed by atoms with van der Waals surface area (Å²) in [5.74, 6) is 0. The zero-order chi connectivity index (χ0) is 13.1. The molecule has 1 aromatic heterocycles. The molecule has 0 radical (unpaired) electrons. The number of nitrogens with one attached hydrogen (secondary N) is 1. The van der Waals surface area contributed by atoms with Crippen LogP contribution < -0.4 is 5.32 Å². The van der Waals surface area contributed by atoms with Crippen molar-refractivity contribution < 1.29 is 5.11 Å². The Morgan fingerprint density at radius 1 is 1.11 bits per heavy atom. The summed E-state index contributed by atoms with van der Waals surface area (Å²) >= 11 is 0.